The van der Waals surface area contributed by atoms with Crippen LogP contribution in [0.3, 0.4) is 0 Å². The van der Waals surface area contributed by atoms with Crippen molar-refractivity contribution >= 4 is 11.9 Å². The van der Waals surface area contributed by atoms with Crippen LogP contribution in [0, 0.1) is 11.7 Å². The van der Waals surface area contributed by atoms with Crippen molar-refractivity contribution < 1.29 is 18.7 Å². The van der Waals surface area contributed by atoms with Gasteiger partial charge in [0.15, 0.2) is 0 Å². The van der Waals surface area contributed by atoms with E-state index >= 15 is 0 Å². The molecule has 0 aromatic heterocycles. The highest BCUT2D eigenvalue weighted by Crippen LogP contribution is 2.16. The molecule has 0 aliphatic rings. The summed E-state index contributed by atoms with van der Waals surface area (Å²) in [6, 6.07) is 14.9. The van der Waals surface area contributed by atoms with Crippen molar-refractivity contribution in [3.05, 3.63) is 71.5 Å². The third-order valence-corrected chi connectivity index (χ3v) is 4.15. The lowest BCUT2D eigenvalue weighted by Gasteiger charge is -2.26. The number of ether oxygens (including phenoxy) is 1. The first kappa shape index (κ1) is 19.6. The van der Waals surface area contributed by atoms with Crippen LogP contribution in [0.5, 0.6) is 0 Å². The Labute approximate surface area is 153 Å². The lowest BCUT2D eigenvalue weighted by molar-refractivity contribution is -0.148. The van der Waals surface area contributed by atoms with Gasteiger partial charge in [-0.05, 0) is 43.2 Å². The molecule has 0 aliphatic heterocycles. The van der Waals surface area contributed by atoms with Crippen LogP contribution in [0.15, 0.2) is 54.6 Å². The molecule has 0 heterocycles. The van der Waals surface area contributed by atoms with Crippen LogP contribution in [0.2, 0.25) is 0 Å². The molecule has 2 aromatic carbocycles. The molecule has 0 aliphatic carbocycles. The van der Waals surface area contributed by atoms with Crippen molar-refractivity contribution in [3.8, 4) is 0 Å². The number of nitrogens with zero attached hydrogens (tertiary/aromatic N) is 1. The highest BCUT2D eigenvalue weighted by atomic mass is 19.1. The minimum absolute atomic E-state index is 0.169. The largest absolute Gasteiger partial charge is 0.466 e. The van der Waals surface area contributed by atoms with Gasteiger partial charge in [-0.2, -0.15) is 0 Å². The first-order chi connectivity index (χ1) is 12.5. The minimum atomic E-state index is -0.400. The summed E-state index contributed by atoms with van der Waals surface area (Å²) in [5.41, 5.74) is 1.35. The Balaban J connectivity index is 2.23. The van der Waals surface area contributed by atoms with Crippen molar-refractivity contribution in [3.63, 3.8) is 0 Å². The van der Waals surface area contributed by atoms with Gasteiger partial charge >= 0.3 is 5.97 Å². The van der Waals surface area contributed by atoms with E-state index in [1.165, 1.54) is 12.1 Å². The molecule has 0 radical (unpaired) electrons. The minimum Gasteiger partial charge on any atom is -0.466 e. The standard InChI is InChI=1S/C21H24FNO3/c1-3-17(21(25)26-4-2)15-23(14-16-10-12-19(22)13-11-16)20(24)18-8-6-5-7-9-18/h5-13,17H,3-4,14-15H2,1-2H3. The monoisotopic (exact) mass is 357 g/mol. The molecule has 26 heavy (non-hydrogen) atoms. The average Bonchev–Trinajstić information content (AvgIpc) is 2.67. The normalized spacial score (nSPS) is 11.7. The van der Waals surface area contributed by atoms with E-state index in [0.717, 1.165) is 5.56 Å². The van der Waals surface area contributed by atoms with Crippen molar-refractivity contribution in [1.29, 1.82) is 0 Å². The van der Waals surface area contributed by atoms with Gasteiger partial charge in [0, 0.05) is 18.7 Å². The van der Waals surface area contributed by atoms with Crippen LogP contribution < -0.4 is 0 Å². The van der Waals surface area contributed by atoms with Crippen LogP contribution >= 0.6 is 0 Å². The fraction of sp³-hybridized carbons (Fsp3) is 0.333. The van der Waals surface area contributed by atoms with Crippen molar-refractivity contribution in [2.45, 2.75) is 26.8 Å². The fourth-order valence-electron chi connectivity index (χ4n) is 2.69. The lowest BCUT2D eigenvalue weighted by Crippen LogP contribution is -2.38. The summed E-state index contributed by atoms with van der Waals surface area (Å²) in [6.45, 7) is 4.50. The molecule has 0 bridgehead atoms. The van der Waals surface area contributed by atoms with Crippen molar-refractivity contribution in [1.82, 2.24) is 4.90 Å². The highest BCUT2D eigenvalue weighted by molar-refractivity contribution is 5.94. The summed E-state index contributed by atoms with van der Waals surface area (Å²) in [7, 11) is 0. The van der Waals surface area contributed by atoms with E-state index in [2.05, 4.69) is 0 Å². The van der Waals surface area contributed by atoms with Gasteiger partial charge < -0.3 is 9.64 Å². The number of carbonyl (C=O) groups excluding carboxylic acids is 2. The molecule has 0 saturated carbocycles. The SMILES string of the molecule is CCOC(=O)C(CC)CN(Cc1ccc(F)cc1)C(=O)c1ccccc1. The number of halogens is 1. The van der Waals surface area contributed by atoms with E-state index in [4.69, 9.17) is 4.74 Å². The number of hydrogen-bond donors (Lipinski definition) is 0. The zero-order valence-electron chi connectivity index (χ0n) is 15.2. The number of amides is 1. The lowest BCUT2D eigenvalue weighted by atomic mass is 10.0. The van der Waals surface area contributed by atoms with Crippen molar-refractivity contribution in [2.75, 3.05) is 13.2 Å². The maximum Gasteiger partial charge on any atom is 0.310 e. The number of esters is 1. The second kappa shape index (κ2) is 9.70. The molecule has 1 amide bonds. The molecule has 0 spiro atoms. The molecule has 2 aromatic rings. The zero-order chi connectivity index (χ0) is 18.9. The molecule has 2 rings (SSSR count). The maximum absolute atomic E-state index is 13.2. The summed E-state index contributed by atoms with van der Waals surface area (Å²) in [5.74, 6) is -1.20. The highest BCUT2D eigenvalue weighted by Gasteiger charge is 2.25. The summed E-state index contributed by atoms with van der Waals surface area (Å²) < 4.78 is 18.3. The van der Waals surface area contributed by atoms with Crippen LogP contribution in [-0.2, 0) is 16.1 Å². The maximum atomic E-state index is 13.2. The Morgan fingerprint density at radius 1 is 1.04 bits per heavy atom. The van der Waals surface area contributed by atoms with Gasteiger partial charge in [-0.3, -0.25) is 9.59 Å². The van der Waals surface area contributed by atoms with Crippen LogP contribution in [0.4, 0.5) is 4.39 Å². The van der Waals surface area contributed by atoms with Gasteiger partial charge in [0.1, 0.15) is 5.82 Å². The smallest absolute Gasteiger partial charge is 0.310 e. The Hall–Kier alpha value is -2.69. The molecule has 4 nitrogen and oxygen atoms in total. The van der Waals surface area contributed by atoms with Crippen LogP contribution in [0.25, 0.3) is 0 Å². The van der Waals surface area contributed by atoms with Gasteiger partial charge in [-0.25, -0.2) is 4.39 Å². The first-order valence-electron chi connectivity index (χ1n) is 8.80. The van der Waals surface area contributed by atoms with Gasteiger partial charge in [-0.1, -0.05) is 37.3 Å². The van der Waals surface area contributed by atoms with Crippen LogP contribution in [-0.4, -0.2) is 29.9 Å². The third-order valence-electron chi connectivity index (χ3n) is 4.15. The Morgan fingerprint density at radius 3 is 2.27 bits per heavy atom. The number of rotatable bonds is 8. The second-order valence-corrected chi connectivity index (χ2v) is 6.04. The summed E-state index contributed by atoms with van der Waals surface area (Å²) in [5, 5.41) is 0. The Morgan fingerprint density at radius 2 is 1.69 bits per heavy atom. The Bertz CT molecular complexity index is 716. The van der Waals surface area contributed by atoms with E-state index in [1.54, 1.807) is 48.2 Å². The van der Waals surface area contributed by atoms with Crippen LogP contribution in [0.1, 0.15) is 36.2 Å². The van der Waals surface area contributed by atoms with Gasteiger partial charge in [0.2, 0.25) is 0 Å². The molecule has 0 N–H and O–H groups in total. The first-order valence-corrected chi connectivity index (χ1v) is 8.80. The molecule has 1 unspecified atom stereocenters. The van der Waals surface area contributed by atoms with Gasteiger partial charge in [-0.15, -0.1) is 0 Å². The summed E-state index contributed by atoms with van der Waals surface area (Å²) in [6.07, 6.45) is 0.570. The topological polar surface area (TPSA) is 46.6 Å². The molecule has 0 saturated heterocycles. The average molecular weight is 357 g/mol. The second-order valence-electron chi connectivity index (χ2n) is 6.04. The van der Waals surface area contributed by atoms with E-state index in [0.29, 0.717) is 25.1 Å². The molecular formula is C21H24FNO3. The summed E-state index contributed by atoms with van der Waals surface area (Å²) >= 11 is 0. The zero-order valence-corrected chi connectivity index (χ0v) is 15.2. The van der Waals surface area contributed by atoms with E-state index in [-0.39, 0.29) is 24.2 Å². The number of benzene rings is 2. The van der Waals surface area contributed by atoms with E-state index in [9.17, 15) is 14.0 Å². The fourth-order valence-corrected chi connectivity index (χ4v) is 2.69. The molecule has 5 heteroatoms. The molecule has 138 valence electrons. The molecule has 0 fully saturated rings. The molecular weight excluding hydrogens is 333 g/mol. The predicted molar refractivity (Wildman–Crippen MR) is 98.0 cm³/mol. The Kier molecular flexibility index (Phi) is 7.33. The van der Waals surface area contributed by atoms with E-state index in [1.807, 2.05) is 13.0 Å². The molecule has 1 atom stereocenters. The number of hydrogen-bond acceptors (Lipinski definition) is 3. The number of carbonyl (C=O) groups is 2. The summed E-state index contributed by atoms with van der Waals surface area (Å²) in [4.78, 5) is 26.7. The van der Waals surface area contributed by atoms with Crippen molar-refractivity contribution in [2.24, 2.45) is 5.92 Å². The predicted octanol–water partition coefficient (Wildman–Crippen LogP) is 4.06. The van der Waals surface area contributed by atoms with E-state index < -0.39 is 5.92 Å². The quantitative estimate of drug-likeness (QED) is 0.670. The van der Waals surface area contributed by atoms with Gasteiger partial charge in [0.25, 0.3) is 5.91 Å². The third kappa shape index (κ3) is 5.41. The van der Waals surface area contributed by atoms with Gasteiger partial charge in [0.05, 0.1) is 12.5 Å².